The van der Waals surface area contributed by atoms with Crippen molar-refractivity contribution >= 4 is 18.9 Å². The van der Waals surface area contributed by atoms with Crippen molar-refractivity contribution in [1.29, 1.82) is 0 Å². The van der Waals surface area contributed by atoms with Crippen LogP contribution in [-0.4, -0.2) is 49.0 Å². The molecule has 0 aromatic carbocycles. The first kappa shape index (κ1) is 39.2. The maximum Gasteiger partial charge on any atom is 0.293 e. The summed E-state index contributed by atoms with van der Waals surface area (Å²) in [6, 6.07) is 0. The van der Waals surface area contributed by atoms with Gasteiger partial charge >= 0.3 is 0 Å². The number of carbonyl (C=O) groups excluding carboxylic acids is 3. The number of hydrogen-bond donors (Lipinski definition) is 0. The van der Waals surface area contributed by atoms with Crippen molar-refractivity contribution < 1.29 is 23.9 Å². The fraction of sp³-hybridized carbons (Fsp3) is 0.929. The molecule has 4 saturated carbocycles. The number of fused-ring (bicyclic) bond motifs is 5. The van der Waals surface area contributed by atoms with Crippen LogP contribution in [0.5, 0.6) is 0 Å². The Morgan fingerprint density at radius 2 is 1.40 bits per heavy atom. The molecule has 0 radical (unpaired) electrons. The third kappa shape index (κ3) is 9.19. The van der Waals surface area contributed by atoms with E-state index in [9.17, 15) is 14.4 Å². The molecule has 4 fully saturated rings. The summed E-state index contributed by atoms with van der Waals surface area (Å²) in [5.41, 5.74) is 0.172. The van der Waals surface area contributed by atoms with Crippen LogP contribution < -0.4 is 0 Å². The van der Waals surface area contributed by atoms with E-state index in [4.69, 9.17) is 9.47 Å². The summed E-state index contributed by atoms with van der Waals surface area (Å²) >= 11 is 0. The van der Waals surface area contributed by atoms with Gasteiger partial charge in [0.1, 0.15) is 12.2 Å². The van der Waals surface area contributed by atoms with Crippen LogP contribution >= 0.6 is 0 Å². The molecular weight excluding hydrogens is 598 g/mol. The molecule has 0 aromatic heterocycles. The molecule has 6 nitrogen and oxygen atoms in total. The van der Waals surface area contributed by atoms with Crippen LogP contribution in [0.15, 0.2) is 0 Å². The minimum Gasteiger partial charge on any atom is -0.465 e. The van der Waals surface area contributed by atoms with Gasteiger partial charge < -0.3 is 14.4 Å². The summed E-state index contributed by atoms with van der Waals surface area (Å²) in [5, 5.41) is 0. The Bertz CT molecular complexity index is 971. The van der Waals surface area contributed by atoms with E-state index >= 15 is 0 Å². The van der Waals surface area contributed by atoms with Crippen LogP contribution in [0.2, 0.25) is 0 Å². The monoisotopic (exact) mass is 672 g/mol. The number of unbranched alkanes of at least 4 members (excludes halogenated alkanes) is 10. The molecule has 0 N–H and O–H groups in total. The topological polar surface area (TPSA) is 72.9 Å². The molecule has 276 valence electrons. The number of carbonyl (C=O) groups is 3. The summed E-state index contributed by atoms with van der Waals surface area (Å²) < 4.78 is 11.6. The minimum atomic E-state index is -0.0664. The van der Waals surface area contributed by atoms with E-state index in [1.807, 2.05) is 0 Å². The first-order valence-corrected chi connectivity index (χ1v) is 20.7. The van der Waals surface area contributed by atoms with Crippen molar-refractivity contribution in [3.63, 3.8) is 0 Å². The maximum absolute atomic E-state index is 13.8. The second kappa shape index (κ2) is 19.1. The highest BCUT2D eigenvalue weighted by atomic mass is 16.5. The standard InChI is InChI=1S/C42H73NO5/c1-6-8-10-12-14-16-26-43(27-17-15-13-11-9-7-2)40(46)23-18-32(3)36-21-22-37-35-20-19-33-28-34(47-30-44)24-25-41(33,4)38(35)29-39(48-31-45)42(36,37)5/h30-39H,6-29H2,1-5H3/t32-,33-,34-,35+,36-,37+,38+,39+,41+,42-/m1/s1. The number of rotatable bonds is 22. The van der Waals surface area contributed by atoms with E-state index < -0.39 is 0 Å². The van der Waals surface area contributed by atoms with Crippen LogP contribution in [0.3, 0.4) is 0 Å². The van der Waals surface area contributed by atoms with Gasteiger partial charge in [0.25, 0.3) is 12.9 Å². The van der Waals surface area contributed by atoms with E-state index in [1.54, 1.807) is 0 Å². The van der Waals surface area contributed by atoms with Crippen molar-refractivity contribution in [3.8, 4) is 0 Å². The summed E-state index contributed by atoms with van der Waals surface area (Å²) in [7, 11) is 0. The number of hydrogen-bond acceptors (Lipinski definition) is 5. The fourth-order valence-electron chi connectivity index (χ4n) is 11.8. The van der Waals surface area contributed by atoms with Gasteiger partial charge in [0.15, 0.2) is 0 Å². The van der Waals surface area contributed by atoms with Gasteiger partial charge in [-0.15, -0.1) is 0 Å². The lowest BCUT2D eigenvalue weighted by atomic mass is 9.43. The van der Waals surface area contributed by atoms with E-state index in [2.05, 4.69) is 39.5 Å². The lowest BCUT2D eigenvalue weighted by Crippen LogP contribution is -2.59. The fourth-order valence-corrected chi connectivity index (χ4v) is 11.8. The summed E-state index contributed by atoms with van der Waals surface area (Å²) in [6.45, 7) is 15.0. The highest BCUT2D eigenvalue weighted by Crippen LogP contribution is 2.69. The molecule has 0 bridgehead atoms. The Hall–Kier alpha value is -1.59. The lowest BCUT2D eigenvalue weighted by molar-refractivity contribution is -0.190. The van der Waals surface area contributed by atoms with Gasteiger partial charge in [-0.2, -0.15) is 0 Å². The van der Waals surface area contributed by atoms with E-state index in [0.717, 1.165) is 64.5 Å². The van der Waals surface area contributed by atoms with Gasteiger partial charge in [-0.25, -0.2) is 0 Å². The number of ether oxygens (including phenoxy) is 2. The SMILES string of the molecule is CCCCCCCCN(CCCCCCCC)C(=O)CC[C@@H](C)[C@H]1CC[C@H]2[C@@H]3CC[C@@H]4C[C@H](OC=O)CC[C@]4(C)[C@H]3C[C@H](OC=O)[C@]12C. The first-order valence-electron chi connectivity index (χ1n) is 20.7. The molecule has 10 atom stereocenters. The van der Waals surface area contributed by atoms with Crippen LogP contribution in [0.25, 0.3) is 0 Å². The maximum atomic E-state index is 13.8. The van der Waals surface area contributed by atoms with Gasteiger partial charge in [0.2, 0.25) is 5.91 Å². The predicted octanol–water partition coefficient (Wildman–Crippen LogP) is 10.3. The predicted molar refractivity (Wildman–Crippen MR) is 194 cm³/mol. The molecule has 48 heavy (non-hydrogen) atoms. The Morgan fingerprint density at radius 1 is 0.771 bits per heavy atom. The van der Waals surface area contributed by atoms with Crippen LogP contribution in [0, 0.1) is 46.3 Å². The molecule has 0 unspecified atom stereocenters. The number of amides is 1. The van der Waals surface area contributed by atoms with Gasteiger partial charge in [0, 0.05) is 24.9 Å². The molecular formula is C42H73NO5. The normalized spacial score (nSPS) is 34.7. The van der Waals surface area contributed by atoms with Crippen LogP contribution in [0.4, 0.5) is 0 Å². The molecule has 0 spiro atoms. The minimum absolute atomic E-state index is 0.0395. The Labute approximate surface area is 294 Å². The molecule has 0 aliphatic heterocycles. The quantitative estimate of drug-likeness (QED) is 0.0846. The molecule has 1 amide bonds. The molecule has 4 aliphatic rings. The van der Waals surface area contributed by atoms with E-state index in [0.29, 0.717) is 54.3 Å². The average molecular weight is 672 g/mol. The largest absolute Gasteiger partial charge is 0.465 e. The molecule has 4 aliphatic carbocycles. The highest BCUT2D eigenvalue weighted by molar-refractivity contribution is 5.76. The Balaban J connectivity index is 1.38. The van der Waals surface area contributed by atoms with E-state index in [1.165, 1.54) is 89.9 Å². The molecule has 0 heterocycles. The zero-order chi connectivity index (χ0) is 34.6. The first-order chi connectivity index (χ1) is 23.2. The third-order valence-corrected chi connectivity index (χ3v) is 14.6. The van der Waals surface area contributed by atoms with Crippen molar-refractivity contribution in [2.75, 3.05) is 13.1 Å². The number of nitrogens with zero attached hydrogens (tertiary/aromatic N) is 1. The molecule has 0 aromatic rings. The third-order valence-electron chi connectivity index (χ3n) is 14.6. The Morgan fingerprint density at radius 3 is 2.02 bits per heavy atom. The van der Waals surface area contributed by atoms with Gasteiger partial charge in [-0.3, -0.25) is 14.4 Å². The summed E-state index contributed by atoms with van der Waals surface area (Å²) in [4.78, 5) is 39.1. The second-order valence-corrected chi connectivity index (χ2v) is 17.2. The van der Waals surface area contributed by atoms with Crippen LogP contribution in [-0.2, 0) is 23.9 Å². The highest BCUT2D eigenvalue weighted by Gasteiger charge is 2.64. The lowest BCUT2D eigenvalue weighted by Gasteiger charge is -2.62. The molecule has 0 saturated heterocycles. The second-order valence-electron chi connectivity index (χ2n) is 17.2. The van der Waals surface area contributed by atoms with Gasteiger partial charge in [-0.1, -0.05) is 98.8 Å². The Kier molecular flexibility index (Phi) is 15.6. The van der Waals surface area contributed by atoms with Gasteiger partial charge in [-0.05, 0) is 112 Å². The van der Waals surface area contributed by atoms with Crippen molar-refractivity contribution in [2.45, 2.75) is 188 Å². The summed E-state index contributed by atoms with van der Waals surface area (Å²) in [5.74, 6) is 3.58. The zero-order valence-electron chi connectivity index (χ0n) is 31.7. The zero-order valence-corrected chi connectivity index (χ0v) is 31.7. The molecule has 6 heteroatoms. The average Bonchev–Trinajstić information content (AvgIpc) is 3.44. The summed E-state index contributed by atoms with van der Waals surface area (Å²) in [6.07, 6.45) is 25.4. The van der Waals surface area contributed by atoms with E-state index in [-0.39, 0.29) is 23.0 Å². The molecule has 4 rings (SSSR count). The van der Waals surface area contributed by atoms with Crippen molar-refractivity contribution in [3.05, 3.63) is 0 Å². The van der Waals surface area contributed by atoms with Crippen molar-refractivity contribution in [2.24, 2.45) is 46.3 Å². The van der Waals surface area contributed by atoms with Crippen LogP contribution in [0.1, 0.15) is 176 Å². The van der Waals surface area contributed by atoms with Gasteiger partial charge in [0.05, 0.1) is 0 Å². The smallest absolute Gasteiger partial charge is 0.293 e. The van der Waals surface area contributed by atoms with Crippen molar-refractivity contribution in [1.82, 2.24) is 4.90 Å².